The van der Waals surface area contributed by atoms with E-state index in [1.165, 1.54) is 5.56 Å². The predicted molar refractivity (Wildman–Crippen MR) is 124 cm³/mol. The van der Waals surface area contributed by atoms with Crippen LogP contribution in [-0.2, 0) is 35.6 Å². The summed E-state index contributed by atoms with van der Waals surface area (Å²) in [5, 5.41) is 0. The van der Waals surface area contributed by atoms with Crippen molar-refractivity contribution < 1.29 is 18.0 Å². The van der Waals surface area contributed by atoms with Gasteiger partial charge >= 0.3 is 6.18 Å². The number of rotatable bonds is 8. The van der Waals surface area contributed by atoms with Crippen molar-refractivity contribution in [1.82, 2.24) is 9.97 Å². The fourth-order valence-electron chi connectivity index (χ4n) is 4.41. The van der Waals surface area contributed by atoms with Crippen molar-refractivity contribution in [3.05, 3.63) is 94.1 Å². The molecule has 0 spiro atoms. The van der Waals surface area contributed by atoms with Crippen molar-refractivity contribution in [2.24, 2.45) is 5.73 Å². The minimum absolute atomic E-state index is 0.0324. The molecule has 1 heterocycles. The van der Waals surface area contributed by atoms with E-state index in [-0.39, 0.29) is 18.0 Å². The van der Waals surface area contributed by atoms with Crippen molar-refractivity contribution in [1.29, 1.82) is 0 Å². The van der Waals surface area contributed by atoms with Crippen molar-refractivity contribution in [2.75, 3.05) is 0 Å². The number of aryl methyl sites for hydroxylation is 2. The number of hydrogen-bond acceptors (Lipinski definition) is 3. The van der Waals surface area contributed by atoms with Crippen LogP contribution in [0.25, 0.3) is 0 Å². The van der Waals surface area contributed by atoms with Gasteiger partial charge in [-0.25, -0.2) is 9.97 Å². The first-order chi connectivity index (χ1) is 16.1. The number of aromatic nitrogens is 2. The Labute approximate surface area is 197 Å². The molecule has 1 aromatic heterocycles. The van der Waals surface area contributed by atoms with Crippen LogP contribution in [0.15, 0.2) is 54.7 Å². The molecule has 3 aromatic rings. The molecule has 1 aliphatic rings. The summed E-state index contributed by atoms with van der Waals surface area (Å²) in [6, 6.07) is 15.3. The standard InChI is InChI=1S/C27H28F3N3O/c1-17(2)19-9-7-18(8-10-19)15-24-32-16-22(27(28,29)30)23(33-24)12-11-20-5-3-4-6-21(20)26(13-14-26)25(31)34/h3-10,16-17H,11-15H2,1-2H3,(H2,31,34). The molecule has 0 atom stereocenters. The summed E-state index contributed by atoms with van der Waals surface area (Å²) in [5.74, 6) is 0.364. The average molecular weight is 468 g/mol. The minimum Gasteiger partial charge on any atom is -0.369 e. The molecule has 0 saturated heterocycles. The first kappa shape index (κ1) is 23.9. The largest absolute Gasteiger partial charge is 0.419 e. The van der Waals surface area contributed by atoms with E-state index in [9.17, 15) is 18.0 Å². The molecule has 1 saturated carbocycles. The lowest BCUT2D eigenvalue weighted by molar-refractivity contribution is -0.138. The Morgan fingerprint density at radius 3 is 2.32 bits per heavy atom. The summed E-state index contributed by atoms with van der Waals surface area (Å²) >= 11 is 0. The van der Waals surface area contributed by atoms with Crippen LogP contribution in [0.3, 0.4) is 0 Å². The van der Waals surface area contributed by atoms with Gasteiger partial charge in [-0.3, -0.25) is 4.79 Å². The van der Waals surface area contributed by atoms with Gasteiger partial charge in [0.1, 0.15) is 5.82 Å². The van der Waals surface area contributed by atoms with Crippen molar-refractivity contribution in [2.45, 2.75) is 63.5 Å². The molecule has 4 nitrogen and oxygen atoms in total. The quantitative estimate of drug-likeness (QED) is 0.475. The number of carbonyl (C=O) groups is 1. The molecular weight excluding hydrogens is 439 g/mol. The highest BCUT2D eigenvalue weighted by molar-refractivity contribution is 5.90. The average Bonchev–Trinajstić information content (AvgIpc) is 3.60. The van der Waals surface area contributed by atoms with E-state index in [2.05, 4.69) is 23.8 Å². The first-order valence-electron chi connectivity index (χ1n) is 11.5. The van der Waals surface area contributed by atoms with Crippen LogP contribution in [0.4, 0.5) is 13.2 Å². The second-order valence-electron chi connectivity index (χ2n) is 9.32. The third-order valence-electron chi connectivity index (χ3n) is 6.62. The summed E-state index contributed by atoms with van der Waals surface area (Å²) < 4.78 is 41.1. The Morgan fingerprint density at radius 1 is 1.06 bits per heavy atom. The summed E-state index contributed by atoms with van der Waals surface area (Å²) in [7, 11) is 0. The molecule has 1 amide bonds. The summed E-state index contributed by atoms with van der Waals surface area (Å²) in [5.41, 5.74) is 7.87. The first-order valence-corrected chi connectivity index (χ1v) is 11.5. The molecule has 0 unspecified atom stereocenters. The molecule has 0 aliphatic heterocycles. The third-order valence-corrected chi connectivity index (χ3v) is 6.62. The van der Waals surface area contributed by atoms with Crippen LogP contribution in [0.5, 0.6) is 0 Å². The zero-order valence-electron chi connectivity index (χ0n) is 19.3. The van der Waals surface area contributed by atoms with Gasteiger partial charge in [0, 0.05) is 12.6 Å². The number of nitrogens with zero attached hydrogens (tertiary/aromatic N) is 2. The lowest BCUT2D eigenvalue weighted by Gasteiger charge is -2.17. The van der Waals surface area contributed by atoms with E-state index in [1.807, 2.05) is 48.5 Å². The zero-order chi connectivity index (χ0) is 24.5. The smallest absolute Gasteiger partial charge is 0.369 e. The molecule has 1 fully saturated rings. The fraction of sp³-hybridized carbons (Fsp3) is 0.370. The highest BCUT2D eigenvalue weighted by Gasteiger charge is 2.50. The van der Waals surface area contributed by atoms with Crippen LogP contribution in [0.2, 0.25) is 0 Å². The molecule has 0 bridgehead atoms. The number of halogens is 3. The lowest BCUT2D eigenvalue weighted by atomic mass is 9.88. The van der Waals surface area contributed by atoms with Gasteiger partial charge in [-0.05, 0) is 53.9 Å². The topological polar surface area (TPSA) is 68.9 Å². The highest BCUT2D eigenvalue weighted by Crippen LogP contribution is 2.49. The number of amides is 1. The maximum absolute atomic E-state index is 13.7. The third kappa shape index (κ3) is 4.98. The molecule has 178 valence electrons. The van der Waals surface area contributed by atoms with Crippen LogP contribution < -0.4 is 5.73 Å². The predicted octanol–water partition coefficient (Wildman–Crippen LogP) is 5.51. The van der Waals surface area contributed by atoms with Gasteiger partial charge in [0.25, 0.3) is 0 Å². The van der Waals surface area contributed by atoms with E-state index in [0.717, 1.165) is 22.9 Å². The van der Waals surface area contributed by atoms with Crippen molar-refractivity contribution in [3.8, 4) is 0 Å². The van der Waals surface area contributed by atoms with Gasteiger partial charge < -0.3 is 5.73 Å². The van der Waals surface area contributed by atoms with E-state index < -0.39 is 17.2 Å². The number of nitrogens with two attached hydrogens (primary N) is 1. The van der Waals surface area contributed by atoms with Gasteiger partial charge in [-0.15, -0.1) is 0 Å². The van der Waals surface area contributed by atoms with Crippen molar-refractivity contribution >= 4 is 5.91 Å². The van der Waals surface area contributed by atoms with Crippen LogP contribution >= 0.6 is 0 Å². The van der Waals surface area contributed by atoms with E-state index >= 15 is 0 Å². The van der Waals surface area contributed by atoms with E-state index in [1.54, 1.807) is 0 Å². The van der Waals surface area contributed by atoms with Gasteiger partial charge in [0.2, 0.25) is 5.91 Å². The molecule has 2 aromatic carbocycles. The molecule has 34 heavy (non-hydrogen) atoms. The Morgan fingerprint density at radius 2 is 1.74 bits per heavy atom. The molecule has 7 heteroatoms. The summed E-state index contributed by atoms with van der Waals surface area (Å²) in [6.07, 6.45) is -1.56. The normalized spacial score (nSPS) is 14.9. The fourth-order valence-corrected chi connectivity index (χ4v) is 4.41. The number of alkyl halides is 3. The van der Waals surface area contributed by atoms with Crippen LogP contribution in [-0.4, -0.2) is 15.9 Å². The zero-order valence-corrected chi connectivity index (χ0v) is 19.3. The van der Waals surface area contributed by atoms with Gasteiger partial charge in [-0.1, -0.05) is 62.4 Å². The number of benzene rings is 2. The SMILES string of the molecule is CC(C)c1ccc(Cc2ncc(C(F)(F)F)c(CCc3ccccc3C3(C(N)=O)CC3)n2)cc1. The Balaban J connectivity index is 1.59. The Hall–Kier alpha value is -3.22. The molecule has 4 rings (SSSR count). The van der Waals surface area contributed by atoms with Gasteiger partial charge in [-0.2, -0.15) is 13.2 Å². The molecular formula is C27H28F3N3O. The van der Waals surface area contributed by atoms with Gasteiger partial charge in [0.15, 0.2) is 0 Å². The molecule has 1 aliphatic carbocycles. The summed E-state index contributed by atoms with van der Waals surface area (Å²) in [6.45, 7) is 4.21. The maximum Gasteiger partial charge on any atom is 0.419 e. The number of carbonyl (C=O) groups excluding carboxylic acids is 1. The maximum atomic E-state index is 13.7. The lowest BCUT2D eigenvalue weighted by Crippen LogP contribution is -2.29. The monoisotopic (exact) mass is 467 g/mol. The molecule has 2 N–H and O–H groups in total. The number of primary amides is 1. The summed E-state index contributed by atoms with van der Waals surface area (Å²) in [4.78, 5) is 20.4. The van der Waals surface area contributed by atoms with Gasteiger partial charge in [0.05, 0.1) is 16.7 Å². The van der Waals surface area contributed by atoms with Crippen LogP contribution in [0, 0.1) is 0 Å². The Kier molecular flexibility index (Phi) is 6.47. The van der Waals surface area contributed by atoms with E-state index in [0.29, 0.717) is 37.4 Å². The minimum atomic E-state index is -4.54. The van der Waals surface area contributed by atoms with Crippen molar-refractivity contribution in [3.63, 3.8) is 0 Å². The van der Waals surface area contributed by atoms with Crippen LogP contribution in [0.1, 0.15) is 71.9 Å². The Bertz CT molecular complexity index is 1180. The second kappa shape index (κ2) is 9.20. The highest BCUT2D eigenvalue weighted by atomic mass is 19.4. The number of hydrogen-bond donors (Lipinski definition) is 1. The molecule has 0 radical (unpaired) electrons. The second-order valence-corrected chi connectivity index (χ2v) is 9.32. The van der Waals surface area contributed by atoms with E-state index in [4.69, 9.17) is 5.73 Å².